The van der Waals surface area contributed by atoms with Crippen LogP contribution in [-0.2, 0) is 11.3 Å². The standard InChI is InChI=1S/C20H24ClN3O2/c1-15-11-18(12-16(2)20(15)21)26-14-19(25)24-9-7-23(8-10-24)13-17-3-5-22-6-4-17/h3-6,11-12H,7-10,13-14H2,1-2H3. The van der Waals surface area contributed by atoms with Crippen molar-refractivity contribution in [2.45, 2.75) is 20.4 Å². The monoisotopic (exact) mass is 373 g/mol. The lowest BCUT2D eigenvalue weighted by Gasteiger charge is -2.34. The van der Waals surface area contributed by atoms with Crippen molar-refractivity contribution < 1.29 is 9.53 Å². The number of piperazine rings is 1. The minimum absolute atomic E-state index is 0.0267. The van der Waals surface area contributed by atoms with Gasteiger partial charge >= 0.3 is 0 Å². The second kappa shape index (κ2) is 8.52. The van der Waals surface area contributed by atoms with Crippen LogP contribution < -0.4 is 4.74 Å². The average molecular weight is 374 g/mol. The molecule has 2 heterocycles. The van der Waals surface area contributed by atoms with E-state index in [1.54, 1.807) is 0 Å². The van der Waals surface area contributed by atoms with Crippen LogP contribution in [0.1, 0.15) is 16.7 Å². The fourth-order valence-corrected chi connectivity index (χ4v) is 3.24. The lowest BCUT2D eigenvalue weighted by molar-refractivity contribution is -0.135. The Balaban J connectivity index is 1.46. The molecule has 0 saturated carbocycles. The van der Waals surface area contributed by atoms with E-state index in [0.717, 1.165) is 48.9 Å². The largest absolute Gasteiger partial charge is 0.484 e. The number of carbonyl (C=O) groups is 1. The molecule has 0 spiro atoms. The van der Waals surface area contributed by atoms with Crippen molar-refractivity contribution in [2.24, 2.45) is 0 Å². The maximum atomic E-state index is 12.4. The number of amides is 1. The molecule has 0 N–H and O–H groups in total. The molecule has 1 aromatic carbocycles. The fourth-order valence-electron chi connectivity index (χ4n) is 3.13. The second-order valence-corrected chi connectivity index (χ2v) is 7.05. The average Bonchev–Trinajstić information content (AvgIpc) is 2.65. The van der Waals surface area contributed by atoms with Gasteiger partial charge in [-0.05, 0) is 54.8 Å². The van der Waals surface area contributed by atoms with Gasteiger partial charge in [-0.3, -0.25) is 14.7 Å². The van der Waals surface area contributed by atoms with Crippen LogP contribution in [-0.4, -0.2) is 53.5 Å². The highest BCUT2D eigenvalue weighted by Gasteiger charge is 2.21. The zero-order chi connectivity index (χ0) is 18.5. The molecule has 6 heteroatoms. The van der Waals surface area contributed by atoms with E-state index >= 15 is 0 Å². The summed E-state index contributed by atoms with van der Waals surface area (Å²) in [6, 6.07) is 7.80. The van der Waals surface area contributed by atoms with Crippen molar-refractivity contribution in [2.75, 3.05) is 32.8 Å². The molecule has 1 aliphatic heterocycles. The van der Waals surface area contributed by atoms with Gasteiger partial charge in [0.15, 0.2) is 6.61 Å². The predicted octanol–water partition coefficient (Wildman–Crippen LogP) is 3.08. The number of aromatic nitrogens is 1. The van der Waals surface area contributed by atoms with Crippen LogP contribution in [0.15, 0.2) is 36.7 Å². The molecule has 0 unspecified atom stereocenters. The third-order valence-electron chi connectivity index (χ3n) is 4.65. The van der Waals surface area contributed by atoms with E-state index < -0.39 is 0 Å². The summed E-state index contributed by atoms with van der Waals surface area (Å²) in [6.45, 7) is 8.02. The lowest BCUT2D eigenvalue weighted by Crippen LogP contribution is -2.49. The number of carbonyl (C=O) groups excluding carboxylic acids is 1. The minimum Gasteiger partial charge on any atom is -0.484 e. The molecule has 1 aromatic heterocycles. The van der Waals surface area contributed by atoms with Gasteiger partial charge in [-0.1, -0.05) is 11.6 Å². The third kappa shape index (κ3) is 4.74. The molecular formula is C20H24ClN3O2. The molecule has 1 saturated heterocycles. The summed E-state index contributed by atoms with van der Waals surface area (Å²) < 4.78 is 5.69. The summed E-state index contributed by atoms with van der Waals surface area (Å²) in [7, 11) is 0. The maximum Gasteiger partial charge on any atom is 0.260 e. The Morgan fingerprint density at radius 2 is 1.73 bits per heavy atom. The molecule has 0 atom stereocenters. The van der Waals surface area contributed by atoms with Gasteiger partial charge in [-0.15, -0.1) is 0 Å². The number of ether oxygens (including phenoxy) is 1. The van der Waals surface area contributed by atoms with Gasteiger partial charge < -0.3 is 9.64 Å². The van der Waals surface area contributed by atoms with Crippen molar-refractivity contribution in [1.29, 1.82) is 0 Å². The van der Waals surface area contributed by atoms with Gasteiger partial charge in [0.25, 0.3) is 5.91 Å². The summed E-state index contributed by atoms with van der Waals surface area (Å²) in [5.41, 5.74) is 3.16. The summed E-state index contributed by atoms with van der Waals surface area (Å²) in [5, 5.41) is 0.744. The van der Waals surface area contributed by atoms with Crippen molar-refractivity contribution in [3.05, 3.63) is 58.4 Å². The minimum atomic E-state index is 0.0267. The lowest BCUT2D eigenvalue weighted by atomic mass is 10.1. The quantitative estimate of drug-likeness (QED) is 0.808. The topological polar surface area (TPSA) is 45.7 Å². The molecule has 5 nitrogen and oxygen atoms in total. The predicted molar refractivity (Wildman–Crippen MR) is 103 cm³/mol. The highest BCUT2D eigenvalue weighted by molar-refractivity contribution is 6.32. The number of hydrogen-bond donors (Lipinski definition) is 0. The maximum absolute atomic E-state index is 12.4. The van der Waals surface area contributed by atoms with Crippen LogP contribution in [0, 0.1) is 13.8 Å². The number of halogens is 1. The van der Waals surface area contributed by atoms with Crippen molar-refractivity contribution >= 4 is 17.5 Å². The van der Waals surface area contributed by atoms with Crippen LogP contribution in [0.4, 0.5) is 0 Å². The Morgan fingerprint density at radius 3 is 2.35 bits per heavy atom. The van der Waals surface area contributed by atoms with Crippen LogP contribution in [0.2, 0.25) is 5.02 Å². The molecule has 0 bridgehead atoms. The Bertz CT molecular complexity index is 736. The Labute approximate surface area is 159 Å². The second-order valence-electron chi connectivity index (χ2n) is 6.67. The molecule has 1 amide bonds. The van der Waals surface area contributed by atoms with Crippen LogP contribution in [0.5, 0.6) is 5.75 Å². The fraction of sp³-hybridized carbons (Fsp3) is 0.400. The van der Waals surface area contributed by atoms with E-state index in [1.165, 1.54) is 5.56 Å². The first-order chi connectivity index (χ1) is 12.5. The first kappa shape index (κ1) is 18.7. The molecule has 1 fully saturated rings. The molecule has 138 valence electrons. The van der Waals surface area contributed by atoms with Gasteiger partial charge in [0.05, 0.1) is 0 Å². The normalized spacial score (nSPS) is 15.1. The highest BCUT2D eigenvalue weighted by atomic mass is 35.5. The first-order valence-electron chi connectivity index (χ1n) is 8.81. The SMILES string of the molecule is Cc1cc(OCC(=O)N2CCN(Cc3ccncc3)CC2)cc(C)c1Cl. The van der Waals surface area contributed by atoms with Crippen molar-refractivity contribution in [3.63, 3.8) is 0 Å². The summed E-state index contributed by atoms with van der Waals surface area (Å²) >= 11 is 6.17. The molecule has 0 aliphatic carbocycles. The molecule has 0 radical (unpaired) electrons. The van der Waals surface area contributed by atoms with Gasteiger partial charge in [0, 0.05) is 50.1 Å². The Hall–Kier alpha value is -2.11. The van der Waals surface area contributed by atoms with E-state index in [-0.39, 0.29) is 12.5 Å². The van der Waals surface area contributed by atoms with E-state index in [9.17, 15) is 4.79 Å². The summed E-state index contributed by atoms with van der Waals surface area (Å²) in [6.07, 6.45) is 3.62. The first-order valence-corrected chi connectivity index (χ1v) is 9.19. The third-order valence-corrected chi connectivity index (χ3v) is 5.25. The van der Waals surface area contributed by atoms with E-state index in [1.807, 2.05) is 55.4 Å². The van der Waals surface area contributed by atoms with E-state index in [2.05, 4.69) is 9.88 Å². The number of rotatable bonds is 5. The van der Waals surface area contributed by atoms with Crippen molar-refractivity contribution in [3.8, 4) is 5.75 Å². The Kier molecular flexibility index (Phi) is 6.12. The molecule has 1 aliphatic rings. The number of benzene rings is 1. The van der Waals surface area contributed by atoms with Gasteiger partial charge in [-0.25, -0.2) is 0 Å². The number of hydrogen-bond acceptors (Lipinski definition) is 4. The summed E-state index contributed by atoms with van der Waals surface area (Å²) in [5.74, 6) is 0.716. The number of nitrogens with zero attached hydrogens (tertiary/aromatic N) is 3. The smallest absolute Gasteiger partial charge is 0.260 e. The number of aryl methyl sites for hydroxylation is 2. The molecular weight excluding hydrogens is 350 g/mol. The zero-order valence-corrected chi connectivity index (χ0v) is 16.0. The van der Waals surface area contributed by atoms with E-state index in [0.29, 0.717) is 5.75 Å². The van der Waals surface area contributed by atoms with E-state index in [4.69, 9.17) is 16.3 Å². The van der Waals surface area contributed by atoms with Crippen LogP contribution in [0.3, 0.4) is 0 Å². The van der Waals surface area contributed by atoms with Crippen LogP contribution in [0.25, 0.3) is 0 Å². The molecule has 26 heavy (non-hydrogen) atoms. The molecule has 3 rings (SSSR count). The Morgan fingerprint density at radius 1 is 1.12 bits per heavy atom. The van der Waals surface area contributed by atoms with Crippen molar-refractivity contribution in [1.82, 2.24) is 14.8 Å². The van der Waals surface area contributed by atoms with Crippen LogP contribution >= 0.6 is 11.6 Å². The molecule has 2 aromatic rings. The van der Waals surface area contributed by atoms with Gasteiger partial charge in [0.1, 0.15) is 5.75 Å². The van der Waals surface area contributed by atoms with Gasteiger partial charge in [-0.2, -0.15) is 0 Å². The summed E-state index contributed by atoms with van der Waals surface area (Å²) in [4.78, 5) is 20.7. The number of pyridine rings is 1. The van der Waals surface area contributed by atoms with Gasteiger partial charge in [0.2, 0.25) is 0 Å². The highest BCUT2D eigenvalue weighted by Crippen LogP contribution is 2.25. The zero-order valence-electron chi connectivity index (χ0n) is 15.2.